The largest absolute Gasteiger partial charge is 0.326 e. The lowest BCUT2D eigenvalue weighted by Gasteiger charge is -2.08. The zero-order valence-electron chi connectivity index (χ0n) is 12.6. The molecule has 2 rings (SSSR count). The SMILES string of the molecule is CC(=O)Nc1cccc(NC(=O)CCSc2ccc(F)cc2)c1. The highest BCUT2D eigenvalue weighted by Gasteiger charge is 2.04. The van der Waals surface area contributed by atoms with Crippen molar-refractivity contribution < 1.29 is 14.0 Å². The summed E-state index contributed by atoms with van der Waals surface area (Å²) in [5.41, 5.74) is 1.27. The third-order valence-electron chi connectivity index (χ3n) is 2.88. The normalized spacial score (nSPS) is 10.2. The summed E-state index contributed by atoms with van der Waals surface area (Å²) in [7, 11) is 0. The highest BCUT2D eigenvalue weighted by Crippen LogP contribution is 2.20. The van der Waals surface area contributed by atoms with Crippen molar-refractivity contribution in [1.29, 1.82) is 0 Å². The molecule has 120 valence electrons. The number of hydrogen-bond acceptors (Lipinski definition) is 3. The van der Waals surface area contributed by atoms with Gasteiger partial charge in [0, 0.05) is 35.4 Å². The van der Waals surface area contributed by atoms with E-state index in [-0.39, 0.29) is 17.6 Å². The average Bonchev–Trinajstić information content (AvgIpc) is 2.49. The van der Waals surface area contributed by atoms with Gasteiger partial charge in [0.25, 0.3) is 0 Å². The fraction of sp³-hybridized carbons (Fsp3) is 0.176. The van der Waals surface area contributed by atoms with E-state index in [0.29, 0.717) is 23.5 Å². The zero-order chi connectivity index (χ0) is 16.7. The van der Waals surface area contributed by atoms with E-state index in [2.05, 4.69) is 10.6 Å². The highest BCUT2D eigenvalue weighted by molar-refractivity contribution is 7.99. The van der Waals surface area contributed by atoms with E-state index >= 15 is 0 Å². The van der Waals surface area contributed by atoms with Gasteiger partial charge in [-0.3, -0.25) is 9.59 Å². The number of nitrogens with one attached hydrogen (secondary N) is 2. The van der Waals surface area contributed by atoms with Crippen LogP contribution in [0.1, 0.15) is 13.3 Å². The predicted molar refractivity (Wildman–Crippen MR) is 91.1 cm³/mol. The van der Waals surface area contributed by atoms with Crippen LogP contribution >= 0.6 is 11.8 Å². The molecule has 0 atom stereocenters. The zero-order valence-corrected chi connectivity index (χ0v) is 13.5. The number of rotatable bonds is 6. The maximum absolute atomic E-state index is 12.8. The molecular weight excluding hydrogens is 315 g/mol. The van der Waals surface area contributed by atoms with Gasteiger partial charge in [-0.15, -0.1) is 11.8 Å². The number of hydrogen-bond donors (Lipinski definition) is 2. The number of benzene rings is 2. The quantitative estimate of drug-likeness (QED) is 0.789. The monoisotopic (exact) mass is 332 g/mol. The van der Waals surface area contributed by atoms with Crippen molar-refractivity contribution in [3.8, 4) is 0 Å². The molecule has 0 saturated heterocycles. The van der Waals surface area contributed by atoms with Crippen LogP contribution in [0.25, 0.3) is 0 Å². The number of thioether (sulfide) groups is 1. The van der Waals surface area contributed by atoms with Gasteiger partial charge < -0.3 is 10.6 Å². The van der Waals surface area contributed by atoms with Crippen molar-refractivity contribution >= 4 is 35.0 Å². The topological polar surface area (TPSA) is 58.2 Å². The molecule has 0 aliphatic heterocycles. The Balaban J connectivity index is 1.80. The first-order chi connectivity index (χ1) is 11.0. The summed E-state index contributed by atoms with van der Waals surface area (Å²) in [5, 5.41) is 5.45. The van der Waals surface area contributed by atoms with Gasteiger partial charge in [-0.1, -0.05) is 6.07 Å². The van der Waals surface area contributed by atoms with Crippen LogP contribution in [-0.4, -0.2) is 17.6 Å². The Hall–Kier alpha value is -2.34. The van der Waals surface area contributed by atoms with Crippen molar-refractivity contribution in [2.75, 3.05) is 16.4 Å². The number of carbonyl (C=O) groups is 2. The second-order valence-electron chi connectivity index (χ2n) is 4.86. The molecular formula is C17H17FN2O2S. The van der Waals surface area contributed by atoms with Gasteiger partial charge in [-0.05, 0) is 42.5 Å². The standard InChI is InChI=1S/C17H17FN2O2S/c1-12(21)19-14-3-2-4-15(11-14)20-17(22)9-10-23-16-7-5-13(18)6-8-16/h2-8,11H,9-10H2,1H3,(H,19,21)(H,20,22). The Morgan fingerprint density at radius 1 is 1.04 bits per heavy atom. The molecule has 23 heavy (non-hydrogen) atoms. The molecule has 0 aliphatic rings. The van der Waals surface area contributed by atoms with Crippen LogP contribution in [0.3, 0.4) is 0 Å². The maximum Gasteiger partial charge on any atom is 0.225 e. The van der Waals surface area contributed by atoms with E-state index in [4.69, 9.17) is 0 Å². The lowest BCUT2D eigenvalue weighted by atomic mass is 10.2. The van der Waals surface area contributed by atoms with Gasteiger partial charge in [0.2, 0.25) is 11.8 Å². The lowest BCUT2D eigenvalue weighted by Crippen LogP contribution is -2.12. The van der Waals surface area contributed by atoms with Crippen LogP contribution in [0.2, 0.25) is 0 Å². The van der Waals surface area contributed by atoms with Crippen LogP contribution in [0.4, 0.5) is 15.8 Å². The van der Waals surface area contributed by atoms with Gasteiger partial charge in [-0.25, -0.2) is 4.39 Å². The summed E-state index contributed by atoms with van der Waals surface area (Å²) >= 11 is 1.50. The lowest BCUT2D eigenvalue weighted by molar-refractivity contribution is -0.116. The van der Waals surface area contributed by atoms with Crippen LogP contribution in [0, 0.1) is 5.82 Å². The van der Waals surface area contributed by atoms with Gasteiger partial charge >= 0.3 is 0 Å². The van der Waals surface area contributed by atoms with Crippen molar-refractivity contribution in [2.24, 2.45) is 0 Å². The van der Waals surface area contributed by atoms with Gasteiger partial charge in [-0.2, -0.15) is 0 Å². The first-order valence-corrected chi connectivity index (χ1v) is 8.07. The maximum atomic E-state index is 12.8. The fourth-order valence-electron chi connectivity index (χ4n) is 1.89. The molecule has 2 aromatic carbocycles. The molecule has 0 heterocycles. The van der Waals surface area contributed by atoms with Crippen molar-refractivity contribution in [3.63, 3.8) is 0 Å². The summed E-state index contributed by atoms with van der Waals surface area (Å²) in [5.74, 6) is 0.0537. The van der Waals surface area contributed by atoms with Crippen molar-refractivity contribution in [2.45, 2.75) is 18.2 Å². The fourth-order valence-corrected chi connectivity index (χ4v) is 2.75. The predicted octanol–water partition coefficient (Wildman–Crippen LogP) is 3.91. The Morgan fingerprint density at radius 3 is 2.35 bits per heavy atom. The summed E-state index contributed by atoms with van der Waals surface area (Å²) in [4.78, 5) is 23.9. The number of anilines is 2. The molecule has 0 radical (unpaired) electrons. The molecule has 0 unspecified atom stereocenters. The molecule has 6 heteroatoms. The van der Waals surface area contributed by atoms with Crippen LogP contribution < -0.4 is 10.6 Å². The molecule has 0 spiro atoms. The van der Waals surface area contributed by atoms with Gasteiger partial charge in [0.15, 0.2) is 0 Å². The Kier molecular flexibility index (Phi) is 6.17. The summed E-state index contributed by atoms with van der Waals surface area (Å²) in [6.45, 7) is 1.43. The third-order valence-corrected chi connectivity index (χ3v) is 3.89. The van der Waals surface area contributed by atoms with E-state index < -0.39 is 0 Å². The molecule has 2 aromatic rings. The number of halogens is 1. The van der Waals surface area contributed by atoms with E-state index in [9.17, 15) is 14.0 Å². The van der Waals surface area contributed by atoms with Crippen LogP contribution in [0.5, 0.6) is 0 Å². The Labute approximate surface area is 138 Å². The average molecular weight is 332 g/mol. The van der Waals surface area contributed by atoms with E-state index in [1.165, 1.54) is 30.8 Å². The minimum absolute atomic E-state index is 0.111. The minimum Gasteiger partial charge on any atom is -0.326 e. The summed E-state index contributed by atoms with van der Waals surface area (Å²) < 4.78 is 12.8. The van der Waals surface area contributed by atoms with E-state index in [1.807, 2.05) is 0 Å². The highest BCUT2D eigenvalue weighted by atomic mass is 32.2. The van der Waals surface area contributed by atoms with Crippen molar-refractivity contribution in [3.05, 3.63) is 54.3 Å². The molecule has 2 amide bonds. The van der Waals surface area contributed by atoms with Gasteiger partial charge in [0.05, 0.1) is 0 Å². The first kappa shape index (κ1) is 17.0. The minimum atomic E-state index is -0.272. The Bertz CT molecular complexity index is 689. The molecule has 0 saturated carbocycles. The smallest absolute Gasteiger partial charge is 0.225 e. The summed E-state index contributed by atoms with van der Waals surface area (Å²) in [6.07, 6.45) is 0.340. The summed E-state index contributed by atoms with van der Waals surface area (Å²) in [6, 6.07) is 13.1. The Morgan fingerprint density at radius 2 is 1.70 bits per heavy atom. The second-order valence-corrected chi connectivity index (χ2v) is 6.03. The molecule has 0 bridgehead atoms. The van der Waals surface area contributed by atoms with E-state index in [0.717, 1.165) is 4.90 Å². The molecule has 2 N–H and O–H groups in total. The van der Waals surface area contributed by atoms with Crippen molar-refractivity contribution in [1.82, 2.24) is 0 Å². The first-order valence-electron chi connectivity index (χ1n) is 7.09. The number of carbonyl (C=O) groups excluding carboxylic acids is 2. The number of amides is 2. The second kappa shape index (κ2) is 8.33. The van der Waals surface area contributed by atoms with Gasteiger partial charge in [0.1, 0.15) is 5.82 Å². The molecule has 4 nitrogen and oxygen atoms in total. The molecule has 0 aromatic heterocycles. The third kappa shape index (κ3) is 6.12. The van der Waals surface area contributed by atoms with E-state index in [1.54, 1.807) is 36.4 Å². The molecule has 0 fully saturated rings. The van der Waals surface area contributed by atoms with Crippen LogP contribution in [-0.2, 0) is 9.59 Å². The molecule has 0 aliphatic carbocycles. The van der Waals surface area contributed by atoms with Crippen LogP contribution in [0.15, 0.2) is 53.4 Å².